The zero-order valence-corrected chi connectivity index (χ0v) is 18.1. The van der Waals surface area contributed by atoms with E-state index in [0.717, 1.165) is 38.8 Å². The van der Waals surface area contributed by atoms with E-state index < -0.39 is 0 Å². The zero-order chi connectivity index (χ0) is 19.9. The molecular weight excluding hydrogens is 344 g/mol. The van der Waals surface area contributed by atoms with Gasteiger partial charge in [0.1, 0.15) is 0 Å². The third-order valence-electron chi connectivity index (χ3n) is 5.15. The largest absolute Gasteiger partial charge is 0.382 e. The molecule has 27 heavy (non-hydrogen) atoms. The summed E-state index contributed by atoms with van der Waals surface area (Å²) in [4.78, 5) is 16.7. The van der Waals surface area contributed by atoms with Crippen LogP contribution in [0.15, 0.2) is 0 Å². The quantitative estimate of drug-likeness (QED) is 0.540. The molecule has 0 radical (unpaired) electrons. The lowest BCUT2D eigenvalue weighted by atomic mass is 10.0. The maximum atomic E-state index is 12.2. The van der Waals surface area contributed by atoms with Crippen molar-refractivity contribution in [1.82, 2.24) is 9.80 Å². The normalized spacial score (nSPS) is 19.6. The summed E-state index contributed by atoms with van der Waals surface area (Å²) < 4.78 is 16.6. The number of methoxy groups -OCH3 is 1. The van der Waals surface area contributed by atoms with Crippen LogP contribution >= 0.6 is 0 Å². The third-order valence-corrected chi connectivity index (χ3v) is 5.15. The lowest BCUT2D eigenvalue weighted by Crippen LogP contribution is -2.44. The number of nitrogens with zero attached hydrogens (tertiary/aromatic N) is 2. The van der Waals surface area contributed by atoms with Crippen LogP contribution in [0.3, 0.4) is 0 Å². The molecule has 1 amide bonds. The van der Waals surface area contributed by atoms with Crippen LogP contribution in [0, 0.1) is 0 Å². The summed E-state index contributed by atoms with van der Waals surface area (Å²) in [5.74, 6) is 0.198. The van der Waals surface area contributed by atoms with Crippen LogP contribution in [-0.4, -0.2) is 87.6 Å². The van der Waals surface area contributed by atoms with Crippen molar-refractivity contribution in [2.75, 3.05) is 59.7 Å². The molecule has 0 bridgehead atoms. The Hall–Kier alpha value is -0.690. The van der Waals surface area contributed by atoms with Crippen molar-refractivity contribution in [3.05, 3.63) is 0 Å². The van der Waals surface area contributed by atoms with Crippen molar-refractivity contribution in [3.63, 3.8) is 0 Å². The van der Waals surface area contributed by atoms with Crippen molar-refractivity contribution in [1.29, 1.82) is 0 Å². The van der Waals surface area contributed by atoms with Gasteiger partial charge < -0.3 is 24.0 Å². The highest BCUT2D eigenvalue weighted by Crippen LogP contribution is 2.21. The van der Waals surface area contributed by atoms with E-state index in [4.69, 9.17) is 14.2 Å². The van der Waals surface area contributed by atoms with Gasteiger partial charge in [0.05, 0.1) is 38.4 Å². The molecule has 2 aliphatic rings. The lowest BCUT2D eigenvalue weighted by Gasteiger charge is -2.37. The van der Waals surface area contributed by atoms with Gasteiger partial charge in [0.25, 0.3) is 0 Å². The highest BCUT2D eigenvalue weighted by molar-refractivity contribution is 5.76. The molecule has 0 aromatic heterocycles. The van der Waals surface area contributed by atoms with Gasteiger partial charge in [0, 0.05) is 33.3 Å². The molecule has 6 heteroatoms. The number of rotatable bonds is 10. The van der Waals surface area contributed by atoms with Gasteiger partial charge in [-0.1, -0.05) is 20.8 Å². The van der Waals surface area contributed by atoms with Gasteiger partial charge >= 0.3 is 0 Å². The summed E-state index contributed by atoms with van der Waals surface area (Å²) in [5, 5.41) is 0. The zero-order valence-electron chi connectivity index (χ0n) is 18.1. The maximum absolute atomic E-state index is 12.2. The molecule has 0 unspecified atom stereocenters. The van der Waals surface area contributed by atoms with Crippen LogP contribution in [0.25, 0.3) is 0 Å². The Bertz CT molecular complexity index is 365. The maximum Gasteiger partial charge on any atom is 0.224 e. The molecule has 6 nitrogen and oxygen atoms in total. The number of hydrogen-bond acceptors (Lipinski definition) is 5. The van der Waals surface area contributed by atoms with Crippen LogP contribution in [0.4, 0.5) is 0 Å². The van der Waals surface area contributed by atoms with E-state index in [1.807, 2.05) is 18.7 Å². The molecule has 0 N–H and O–H groups in total. The van der Waals surface area contributed by atoms with Gasteiger partial charge in [-0.25, -0.2) is 0 Å². The lowest BCUT2D eigenvalue weighted by molar-refractivity contribution is -0.136. The Kier molecular flexibility index (Phi) is 13.8. The van der Waals surface area contributed by atoms with E-state index in [9.17, 15) is 4.79 Å². The van der Waals surface area contributed by atoms with Crippen molar-refractivity contribution in [3.8, 4) is 0 Å². The van der Waals surface area contributed by atoms with E-state index in [1.54, 1.807) is 7.11 Å². The number of carbonyl (C=O) groups is 1. The van der Waals surface area contributed by atoms with Crippen LogP contribution < -0.4 is 0 Å². The SMILES string of the molecule is CC.CCCN1CCC(OC2CCN(C(=O)CCOCCOC)CC2)CC1. The molecule has 0 aliphatic carbocycles. The van der Waals surface area contributed by atoms with Crippen LogP contribution in [-0.2, 0) is 19.0 Å². The topological polar surface area (TPSA) is 51.2 Å². The number of carbonyl (C=O) groups excluding carboxylic acids is 1. The minimum absolute atomic E-state index is 0.198. The molecule has 0 atom stereocenters. The standard InChI is InChI=1S/C19H36N2O4.C2H6/c1-3-9-20-10-4-17(5-11-20)25-18-6-12-21(13-7-18)19(22)8-14-24-16-15-23-2;1-2/h17-18H,3-16H2,1-2H3;1-2H3. The number of piperidine rings is 2. The van der Waals surface area contributed by atoms with Crippen LogP contribution in [0.5, 0.6) is 0 Å². The minimum Gasteiger partial charge on any atom is -0.382 e. The fraction of sp³-hybridized carbons (Fsp3) is 0.952. The average molecular weight is 387 g/mol. The molecule has 160 valence electrons. The monoisotopic (exact) mass is 386 g/mol. The first kappa shape index (κ1) is 24.3. The second-order valence-electron chi connectivity index (χ2n) is 7.11. The molecule has 2 heterocycles. The summed E-state index contributed by atoms with van der Waals surface area (Å²) in [6.07, 6.45) is 6.66. The predicted molar refractivity (Wildman–Crippen MR) is 109 cm³/mol. The second kappa shape index (κ2) is 15.3. The van der Waals surface area contributed by atoms with Gasteiger partial charge in [-0.3, -0.25) is 4.79 Å². The average Bonchev–Trinajstić information content (AvgIpc) is 2.71. The van der Waals surface area contributed by atoms with Gasteiger partial charge in [-0.15, -0.1) is 0 Å². The second-order valence-corrected chi connectivity index (χ2v) is 7.11. The van der Waals surface area contributed by atoms with E-state index in [0.29, 0.717) is 38.4 Å². The first-order valence-corrected chi connectivity index (χ1v) is 10.9. The van der Waals surface area contributed by atoms with Crippen LogP contribution in [0.2, 0.25) is 0 Å². The van der Waals surface area contributed by atoms with Gasteiger partial charge in [-0.2, -0.15) is 0 Å². The smallest absolute Gasteiger partial charge is 0.224 e. The number of likely N-dealkylation sites (tertiary alicyclic amines) is 2. The van der Waals surface area contributed by atoms with E-state index in [-0.39, 0.29) is 5.91 Å². The Morgan fingerprint density at radius 3 is 2.07 bits per heavy atom. The van der Waals surface area contributed by atoms with Crippen LogP contribution in [0.1, 0.15) is 59.3 Å². The number of amides is 1. The summed E-state index contributed by atoms with van der Waals surface area (Å²) in [6.45, 7) is 13.0. The molecule has 2 aliphatic heterocycles. The molecule has 0 aromatic carbocycles. The van der Waals surface area contributed by atoms with Gasteiger partial charge in [0.15, 0.2) is 0 Å². The summed E-state index contributed by atoms with van der Waals surface area (Å²) in [7, 11) is 1.65. The Morgan fingerprint density at radius 1 is 0.926 bits per heavy atom. The van der Waals surface area contributed by atoms with Crippen molar-refractivity contribution in [2.24, 2.45) is 0 Å². The van der Waals surface area contributed by atoms with E-state index in [2.05, 4.69) is 11.8 Å². The summed E-state index contributed by atoms with van der Waals surface area (Å²) in [5.41, 5.74) is 0. The summed E-state index contributed by atoms with van der Waals surface area (Å²) in [6, 6.07) is 0. The number of ether oxygens (including phenoxy) is 3. The van der Waals surface area contributed by atoms with E-state index >= 15 is 0 Å². The minimum atomic E-state index is 0.198. The third kappa shape index (κ3) is 9.88. The van der Waals surface area contributed by atoms with E-state index in [1.165, 1.54) is 26.1 Å². The van der Waals surface area contributed by atoms with Crippen molar-refractivity contribution < 1.29 is 19.0 Å². The molecule has 2 saturated heterocycles. The Morgan fingerprint density at radius 2 is 1.52 bits per heavy atom. The molecule has 0 saturated carbocycles. The highest BCUT2D eigenvalue weighted by Gasteiger charge is 2.27. The fourth-order valence-corrected chi connectivity index (χ4v) is 3.66. The van der Waals surface area contributed by atoms with Crippen molar-refractivity contribution in [2.45, 2.75) is 71.5 Å². The Balaban J connectivity index is 0.00000176. The molecule has 0 spiro atoms. The highest BCUT2D eigenvalue weighted by atomic mass is 16.5. The number of hydrogen-bond donors (Lipinski definition) is 0. The first-order valence-electron chi connectivity index (χ1n) is 10.9. The molecular formula is C21H42N2O4. The molecule has 2 fully saturated rings. The van der Waals surface area contributed by atoms with Crippen molar-refractivity contribution >= 4 is 5.91 Å². The van der Waals surface area contributed by atoms with Gasteiger partial charge in [0.2, 0.25) is 5.91 Å². The summed E-state index contributed by atoms with van der Waals surface area (Å²) >= 11 is 0. The molecule has 0 aromatic rings. The predicted octanol–water partition coefficient (Wildman–Crippen LogP) is 2.95. The first-order chi connectivity index (χ1) is 13.2. The van der Waals surface area contributed by atoms with Gasteiger partial charge in [-0.05, 0) is 38.6 Å². The Labute approximate surface area is 166 Å². The molecule has 2 rings (SSSR count). The fourth-order valence-electron chi connectivity index (χ4n) is 3.66.